The summed E-state index contributed by atoms with van der Waals surface area (Å²) in [6.45, 7) is 2.58. The largest absolute Gasteiger partial charge is 0.478 e. The number of anilines is 1. The van der Waals surface area contributed by atoms with Gasteiger partial charge in [0.25, 0.3) is 0 Å². The Kier molecular flexibility index (Phi) is 4.12. The molecule has 1 spiro atoms. The van der Waals surface area contributed by atoms with E-state index in [1.807, 2.05) is 0 Å². The smallest absolute Gasteiger partial charge is 0.335 e. The summed E-state index contributed by atoms with van der Waals surface area (Å²) in [5.41, 5.74) is 1.31. The van der Waals surface area contributed by atoms with E-state index in [1.165, 1.54) is 0 Å². The van der Waals surface area contributed by atoms with Gasteiger partial charge in [0.15, 0.2) is 0 Å². The van der Waals surface area contributed by atoms with Crippen LogP contribution in [0, 0.1) is 0 Å². The highest BCUT2D eigenvalue weighted by Crippen LogP contribution is 2.47. The molecular formula is C17H22N2O4. The molecule has 2 aliphatic heterocycles. The van der Waals surface area contributed by atoms with Crippen molar-refractivity contribution in [1.29, 1.82) is 0 Å². The minimum atomic E-state index is -0.967. The van der Waals surface area contributed by atoms with Crippen LogP contribution in [-0.2, 0) is 10.2 Å². The molecule has 23 heavy (non-hydrogen) atoms. The normalized spacial score (nSPS) is 20.1. The first-order valence-electron chi connectivity index (χ1n) is 7.99. The number of aliphatic hydroxyl groups excluding tert-OH is 1. The van der Waals surface area contributed by atoms with Gasteiger partial charge in [0.05, 0.1) is 11.0 Å². The molecule has 2 heterocycles. The maximum Gasteiger partial charge on any atom is 0.335 e. The second-order valence-electron chi connectivity index (χ2n) is 6.40. The van der Waals surface area contributed by atoms with Crippen molar-refractivity contribution in [2.75, 3.05) is 38.2 Å². The molecule has 0 bridgehead atoms. The minimum absolute atomic E-state index is 0.0665. The van der Waals surface area contributed by atoms with Gasteiger partial charge in [0.1, 0.15) is 0 Å². The zero-order chi connectivity index (χ0) is 16.6. The van der Waals surface area contributed by atoms with E-state index < -0.39 is 11.4 Å². The van der Waals surface area contributed by atoms with Crippen LogP contribution in [-0.4, -0.2) is 60.3 Å². The van der Waals surface area contributed by atoms with E-state index in [2.05, 4.69) is 4.90 Å². The van der Waals surface area contributed by atoms with Crippen molar-refractivity contribution in [1.82, 2.24) is 4.90 Å². The number of carbonyl (C=O) groups is 2. The fourth-order valence-corrected chi connectivity index (χ4v) is 3.83. The van der Waals surface area contributed by atoms with E-state index in [-0.39, 0.29) is 18.1 Å². The van der Waals surface area contributed by atoms with Gasteiger partial charge in [-0.3, -0.25) is 4.79 Å². The van der Waals surface area contributed by atoms with Crippen LogP contribution in [0.25, 0.3) is 0 Å². The number of benzene rings is 1. The van der Waals surface area contributed by atoms with Crippen molar-refractivity contribution < 1.29 is 19.8 Å². The number of aliphatic hydroxyl groups is 1. The van der Waals surface area contributed by atoms with Crippen LogP contribution in [0.1, 0.15) is 35.2 Å². The van der Waals surface area contributed by atoms with Crippen LogP contribution in [0.15, 0.2) is 18.2 Å². The van der Waals surface area contributed by atoms with Crippen molar-refractivity contribution >= 4 is 17.6 Å². The number of hydrogen-bond donors (Lipinski definition) is 2. The Hall–Kier alpha value is -1.92. The molecule has 0 unspecified atom stereocenters. The maximum absolute atomic E-state index is 12.9. The fraction of sp³-hybridized carbons (Fsp3) is 0.529. The van der Waals surface area contributed by atoms with Crippen LogP contribution in [0.2, 0.25) is 0 Å². The molecular weight excluding hydrogens is 296 g/mol. The van der Waals surface area contributed by atoms with E-state index in [4.69, 9.17) is 5.11 Å². The molecule has 0 saturated carbocycles. The highest BCUT2D eigenvalue weighted by molar-refractivity contribution is 6.08. The van der Waals surface area contributed by atoms with Crippen molar-refractivity contribution in [3.05, 3.63) is 29.3 Å². The number of aromatic carboxylic acids is 1. The molecule has 0 atom stereocenters. The topological polar surface area (TPSA) is 81.1 Å². The third-order valence-electron chi connectivity index (χ3n) is 5.18. The lowest BCUT2D eigenvalue weighted by Gasteiger charge is -2.38. The molecule has 0 radical (unpaired) electrons. The zero-order valence-electron chi connectivity index (χ0n) is 13.3. The molecule has 1 saturated heterocycles. The molecule has 1 amide bonds. The van der Waals surface area contributed by atoms with E-state index in [1.54, 1.807) is 30.1 Å². The highest BCUT2D eigenvalue weighted by Gasteiger charge is 2.51. The van der Waals surface area contributed by atoms with Gasteiger partial charge >= 0.3 is 5.97 Å². The number of likely N-dealkylation sites (tertiary alicyclic amines) is 1. The monoisotopic (exact) mass is 318 g/mol. The maximum atomic E-state index is 12.9. The number of carbonyl (C=O) groups excluding carboxylic acids is 1. The molecule has 1 aromatic carbocycles. The Morgan fingerprint density at radius 2 is 2.00 bits per heavy atom. The predicted octanol–water partition coefficient (Wildman–Crippen LogP) is 1.08. The Morgan fingerprint density at radius 1 is 1.30 bits per heavy atom. The van der Waals surface area contributed by atoms with Crippen LogP contribution < -0.4 is 4.90 Å². The first kappa shape index (κ1) is 16.0. The summed E-state index contributed by atoms with van der Waals surface area (Å²) < 4.78 is 0. The molecule has 6 nitrogen and oxygen atoms in total. The average molecular weight is 318 g/mol. The summed E-state index contributed by atoms with van der Waals surface area (Å²) in [7, 11) is 1.76. The van der Waals surface area contributed by atoms with E-state index in [0.29, 0.717) is 12.8 Å². The summed E-state index contributed by atoms with van der Waals surface area (Å²) in [6.07, 6.45) is 2.12. The average Bonchev–Trinajstić information content (AvgIpc) is 2.76. The van der Waals surface area contributed by atoms with Crippen LogP contribution in [0.4, 0.5) is 5.69 Å². The SMILES string of the molecule is CN1C(=O)C2(CCN(CCCO)CC2)c2cc(C(=O)O)ccc21. The number of carboxylic acid groups (broad SMARTS) is 1. The first-order chi connectivity index (χ1) is 11.0. The number of amides is 1. The van der Waals surface area contributed by atoms with Crippen molar-refractivity contribution in [3.8, 4) is 0 Å². The summed E-state index contributed by atoms with van der Waals surface area (Å²) >= 11 is 0. The second-order valence-corrected chi connectivity index (χ2v) is 6.40. The van der Waals surface area contributed by atoms with Crippen LogP contribution >= 0.6 is 0 Å². The third kappa shape index (κ3) is 2.52. The van der Waals surface area contributed by atoms with Gasteiger partial charge in [-0.15, -0.1) is 0 Å². The van der Waals surface area contributed by atoms with E-state index in [0.717, 1.165) is 37.3 Å². The Morgan fingerprint density at radius 3 is 2.61 bits per heavy atom. The number of hydrogen-bond acceptors (Lipinski definition) is 4. The summed E-state index contributed by atoms with van der Waals surface area (Å²) in [4.78, 5) is 28.1. The van der Waals surface area contributed by atoms with Gasteiger partial charge in [-0.1, -0.05) is 0 Å². The predicted molar refractivity (Wildman–Crippen MR) is 85.9 cm³/mol. The minimum Gasteiger partial charge on any atom is -0.478 e. The van der Waals surface area contributed by atoms with Gasteiger partial charge in [-0.25, -0.2) is 4.79 Å². The second kappa shape index (κ2) is 5.94. The quantitative estimate of drug-likeness (QED) is 0.868. The zero-order valence-corrected chi connectivity index (χ0v) is 13.3. The van der Waals surface area contributed by atoms with Crippen LogP contribution in [0.5, 0.6) is 0 Å². The van der Waals surface area contributed by atoms with E-state index >= 15 is 0 Å². The number of likely N-dealkylation sites (N-methyl/N-ethyl adjacent to an activating group) is 1. The number of fused-ring (bicyclic) bond motifs is 2. The Labute approximate surface area is 135 Å². The van der Waals surface area contributed by atoms with Gasteiger partial charge < -0.3 is 20.0 Å². The standard InChI is InChI=1S/C17H22N2O4/c1-18-14-4-3-12(15(21)22)11-13(14)17(16(18)23)5-8-19(9-6-17)7-2-10-20/h3-4,11,20H,2,5-10H2,1H3,(H,21,22). The molecule has 1 aromatic rings. The van der Waals surface area contributed by atoms with Crippen molar-refractivity contribution in [3.63, 3.8) is 0 Å². The van der Waals surface area contributed by atoms with Gasteiger partial charge in [-0.2, -0.15) is 0 Å². The van der Waals surface area contributed by atoms with E-state index in [9.17, 15) is 14.7 Å². The number of carboxylic acids is 1. The number of rotatable bonds is 4. The molecule has 2 aliphatic rings. The number of piperidine rings is 1. The van der Waals surface area contributed by atoms with Gasteiger partial charge in [0.2, 0.25) is 5.91 Å². The lowest BCUT2D eigenvalue weighted by molar-refractivity contribution is -0.124. The molecule has 1 fully saturated rings. The lowest BCUT2D eigenvalue weighted by Crippen LogP contribution is -2.48. The lowest BCUT2D eigenvalue weighted by atomic mass is 9.73. The highest BCUT2D eigenvalue weighted by atomic mass is 16.4. The van der Waals surface area contributed by atoms with Crippen molar-refractivity contribution in [2.24, 2.45) is 0 Å². The van der Waals surface area contributed by atoms with Gasteiger partial charge in [-0.05, 0) is 56.1 Å². The first-order valence-corrected chi connectivity index (χ1v) is 7.99. The molecule has 124 valence electrons. The molecule has 2 N–H and O–H groups in total. The van der Waals surface area contributed by atoms with Crippen molar-refractivity contribution in [2.45, 2.75) is 24.7 Å². The Bertz CT molecular complexity index is 635. The summed E-state index contributed by atoms with van der Waals surface area (Å²) in [6, 6.07) is 4.96. The molecule has 0 aliphatic carbocycles. The molecule has 0 aromatic heterocycles. The molecule has 3 rings (SSSR count). The summed E-state index contributed by atoms with van der Waals surface area (Å²) in [5.74, 6) is -0.901. The van der Waals surface area contributed by atoms with Gasteiger partial charge in [0, 0.05) is 25.9 Å². The third-order valence-corrected chi connectivity index (χ3v) is 5.18. The van der Waals surface area contributed by atoms with Crippen LogP contribution in [0.3, 0.4) is 0 Å². The Balaban J connectivity index is 1.91. The summed E-state index contributed by atoms with van der Waals surface area (Å²) in [5, 5.41) is 18.2. The molecule has 6 heteroatoms. The number of nitrogens with zero attached hydrogens (tertiary/aromatic N) is 2. The fourth-order valence-electron chi connectivity index (χ4n) is 3.83.